The summed E-state index contributed by atoms with van der Waals surface area (Å²) in [6.45, 7) is 8.09. The van der Waals surface area contributed by atoms with Crippen molar-refractivity contribution in [1.29, 1.82) is 0 Å². The van der Waals surface area contributed by atoms with Crippen molar-refractivity contribution in [2.45, 2.75) is 46.7 Å². The summed E-state index contributed by atoms with van der Waals surface area (Å²) in [5.41, 5.74) is 2.37. The van der Waals surface area contributed by atoms with Crippen LogP contribution in [0.15, 0.2) is 27.8 Å². The van der Waals surface area contributed by atoms with Gasteiger partial charge in [-0.15, -0.1) is 0 Å². The normalized spacial score (nSPS) is 16.2. The van der Waals surface area contributed by atoms with E-state index in [9.17, 15) is 9.59 Å². The summed E-state index contributed by atoms with van der Waals surface area (Å²) in [6.07, 6.45) is 1.70. The van der Waals surface area contributed by atoms with Crippen LogP contribution < -0.4 is 20.9 Å². The third kappa shape index (κ3) is 3.11. The number of rotatable bonds is 5. The van der Waals surface area contributed by atoms with Crippen molar-refractivity contribution < 1.29 is 4.74 Å². The number of fused-ring (bicyclic) bond motifs is 3. The molecule has 3 aromatic rings. The average Bonchev–Trinajstić information content (AvgIpc) is 3.11. The van der Waals surface area contributed by atoms with E-state index < -0.39 is 0 Å². The highest BCUT2D eigenvalue weighted by molar-refractivity contribution is 5.78. The first-order valence-corrected chi connectivity index (χ1v) is 10.5. The van der Waals surface area contributed by atoms with Gasteiger partial charge in [-0.05, 0) is 37.0 Å². The SMILES string of the molecule is CCCCn1c(=O)c2c(nc3n2C[C@H](C)CN3c2cc(C)ccc2OC)n(C)c1=O. The molecule has 3 heterocycles. The number of benzene rings is 1. The van der Waals surface area contributed by atoms with Crippen LogP contribution in [0.2, 0.25) is 0 Å². The van der Waals surface area contributed by atoms with Gasteiger partial charge in [-0.3, -0.25) is 13.9 Å². The maximum atomic E-state index is 13.3. The summed E-state index contributed by atoms with van der Waals surface area (Å²) >= 11 is 0. The number of hydrogen-bond acceptors (Lipinski definition) is 5. The van der Waals surface area contributed by atoms with Crippen LogP contribution >= 0.6 is 0 Å². The maximum absolute atomic E-state index is 13.3. The van der Waals surface area contributed by atoms with E-state index in [0.29, 0.717) is 36.1 Å². The Labute approximate surface area is 175 Å². The lowest BCUT2D eigenvalue weighted by molar-refractivity contribution is 0.409. The van der Waals surface area contributed by atoms with Crippen molar-refractivity contribution >= 4 is 22.8 Å². The van der Waals surface area contributed by atoms with Gasteiger partial charge in [0.25, 0.3) is 5.56 Å². The summed E-state index contributed by atoms with van der Waals surface area (Å²) < 4.78 is 10.4. The first kappa shape index (κ1) is 20.3. The van der Waals surface area contributed by atoms with Gasteiger partial charge < -0.3 is 14.2 Å². The van der Waals surface area contributed by atoms with E-state index in [1.165, 1.54) is 9.13 Å². The zero-order valence-corrected chi connectivity index (χ0v) is 18.3. The van der Waals surface area contributed by atoms with Crippen molar-refractivity contribution in [2.75, 3.05) is 18.6 Å². The molecule has 8 heteroatoms. The number of hydrogen-bond donors (Lipinski definition) is 0. The van der Waals surface area contributed by atoms with E-state index in [-0.39, 0.29) is 11.2 Å². The van der Waals surface area contributed by atoms with Gasteiger partial charge in [-0.25, -0.2) is 4.79 Å². The number of anilines is 2. The number of imidazole rings is 1. The monoisotopic (exact) mass is 411 g/mol. The Bertz CT molecular complexity index is 1220. The van der Waals surface area contributed by atoms with Gasteiger partial charge in [0.2, 0.25) is 5.95 Å². The van der Waals surface area contributed by atoms with E-state index in [2.05, 4.69) is 17.9 Å². The number of ether oxygens (including phenoxy) is 1. The molecule has 0 amide bonds. The number of methoxy groups -OCH3 is 1. The van der Waals surface area contributed by atoms with Gasteiger partial charge in [0.15, 0.2) is 11.2 Å². The molecule has 1 atom stereocenters. The minimum atomic E-state index is -0.316. The van der Waals surface area contributed by atoms with E-state index >= 15 is 0 Å². The molecule has 8 nitrogen and oxygen atoms in total. The zero-order valence-electron chi connectivity index (χ0n) is 18.3. The van der Waals surface area contributed by atoms with Crippen molar-refractivity contribution in [2.24, 2.45) is 13.0 Å². The van der Waals surface area contributed by atoms with E-state index in [4.69, 9.17) is 9.72 Å². The van der Waals surface area contributed by atoms with Crippen LogP contribution in [0.5, 0.6) is 5.75 Å². The van der Waals surface area contributed by atoms with Crippen LogP contribution in [0.3, 0.4) is 0 Å². The van der Waals surface area contributed by atoms with E-state index in [0.717, 1.165) is 36.4 Å². The second-order valence-electron chi connectivity index (χ2n) is 8.24. The van der Waals surface area contributed by atoms with Crippen molar-refractivity contribution in [1.82, 2.24) is 18.7 Å². The van der Waals surface area contributed by atoms with Crippen LogP contribution in [0.4, 0.5) is 11.6 Å². The van der Waals surface area contributed by atoms with Crippen molar-refractivity contribution in [3.8, 4) is 5.75 Å². The number of unbranched alkanes of at least 4 members (excludes halogenated alkanes) is 1. The maximum Gasteiger partial charge on any atom is 0.332 e. The molecule has 1 aliphatic heterocycles. The quantitative estimate of drug-likeness (QED) is 0.645. The third-order valence-corrected chi connectivity index (χ3v) is 5.80. The summed E-state index contributed by atoms with van der Waals surface area (Å²) in [6, 6.07) is 6.03. The van der Waals surface area contributed by atoms with Crippen LogP contribution in [0, 0.1) is 12.8 Å². The number of aryl methyl sites for hydroxylation is 2. The molecule has 0 saturated carbocycles. The molecule has 30 heavy (non-hydrogen) atoms. The summed E-state index contributed by atoms with van der Waals surface area (Å²) in [5, 5.41) is 0. The van der Waals surface area contributed by atoms with E-state index in [1.807, 2.05) is 30.5 Å². The predicted molar refractivity (Wildman–Crippen MR) is 118 cm³/mol. The molecule has 0 saturated heterocycles. The highest BCUT2D eigenvalue weighted by Crippen LogP contribution is 2.38. The molecule has 160 valence electrons. The van der Waals surface area contributed by atoms with Gasteiger partial charge in [0, 0.05) is 26.7 Å². The first-order chi connectivity index (χ1) is 14.4. The molecule has 0 N–H and O–H groups in total. The van der Waals surface area contributed by atoms with Crippen LogP contribution in [-0.2, 0) is 20.1 Å². The number of nitrogens with zero attached hydrogens (tertiary/aromatic N) is 5. The second-order valence-corrected chi connectivity index (χ2v) is 8.24. The van der Waals surface area contributed by atoms with Gasteiger partial charge in [0.05, 0.1) is 12.8 Å². The fraction of sp³-hybridized carbons (Fsp3) is 0.500. The first-order valence-electron chi connectivity index (χ1n) is 10.5. The van der Waals surface area contributed by atoms with Gasteiger partial charge in [0.1, 0.15) is 5.75 Å². The van der Waals surface area contributed by atoms with Crippen molar-refractivity contribution in [3.63, 3.8) is 0 Å². The van der Waals surface area contributed by atoms with Crippen LogP contribution in [-0.4, -0.2) is 32.3 Å². The average molecular weight is 412 g/mol. The third-order valence-electron chi connectivity index (χ3n) is 5.80. The Kier molecular flexibility index (Phi) is 5.17. The molecule has 0 fully saturated rings. The minimum Gasteiger partial charge on any atom is -0.495 e. The van der Waals surface area contributed by atoms with Crippen LogP contribution in [0.25, 0.3) is 11.2 Å². The summed E-state index contributed by atoms with van der Waals surface area (Å²) in [4.78, 5) is 33.0. The summed E-state index contributed by atoms with van der Waals surface area (Å²) in [7, 11) is 3.34. The molecule has 0 unspecified atom stereocenters. The molecular weight excluding hydrogens is 382 g/mol. The summed E-state index contributed by atoms with van der Waals surface area (Å²) in [5.74, 6) is 1.72. The topological polar surface area (TPSA) is 74.3 Å². The van der Waals surface area contributed by atoms with Gasteiger partial charge in [-0.2, -0.15) is 4.98 Å². The standard InChI is InChI=1S/C22H29N5O3/c1-6-7-10-25-20(28)18-19(24(4)22(25)29)23-21-26(12-15(3)13-27(18)21)16-11-14(2)8-9-17(16)30-5/h8-9,11,15H,6-7,10,12-13H2,1-5H3/t15-/m1/s1. The predicted octanol–water partition coefficient (Wildman–Crippen LogP) is 2.80. The molecular formula is C22H29N5O3. The molecule has 4 rings (SSSR count). The Balaban J connectivity index is 2.00. The molecule has 0 bridgehead atoms. The lowest BCUT2D eigenvalue weighted by Gasteiger charge is -2.33. The molecule has 1 aliphatic rings. The Morgan fingerprint density at radius 1 is 1.23 bits per heavy atom. The second kappa shape index (κ2) is 7.66. The highest BCUT2D eigenvalue weighted by Gasteiger charge is 2.31. The molecule has 1 aromatic carbocycles. The fourth-order valence-corrected chi connectivity index (χ4v) is 4.23. The van der Waals surface area contributed by atoms with Crippen LogP contribution in [0.1, 0.15) is 32.3 Å². The Morgan fingerprint density at radius 2 is 2.00 bits per heavy atom. The minimum absolute atomic E-state index is 0.259. The molecule has 2 aromatic heterocycles. The fourth-order valence-electron chi connectivity index (χ4n) is 4.23. The Hall–Kier alpha value is -3.03. The van der Waals surface area contributed by atoms with Crippen molar-refractivity contribution in [3.05, 3.63) is 44.6 Å². The van der Waals surface area contributed by atoms with Gasteiger partial charge >= 0.3 is 5.69 Å². The Morgan fingerprint density at radius 3 is 2.70 bits per heavy atom. The lowest BCUT2D eigenvalue weighted by atomic mass is 10.1. The highest BCUT2D eigenvalue weighted by atomic mass is 16.5. The molecule has 0 aliphatic carbocycles. The molecule has 0 radical (unpaired) electrons. The smallest absolute Gasteiger partial charge is 0.332 e. The largest absolute Gasteiger partial charge is 0.495 e. The number of aromatic nitrogens is 4. The molecule has 0 spiro atoms. The van der Waals surface area contributed by atoms with E-state index in [1.54, 1.807) is 14.2 Å². The van der Waals surface area contributed by atoms with Gasteiger partial charge in [-0.1, -0.05) is 26.3 Å². The zero-order chi connectivity index (χ0) is 21.6. The lowest BCUT2D eigenvalue weighted by Crippen LogP contribution is -2.40.